The second-order valence-electron chi connectivity index (χ2n) is 6.11. The molecule has 1 aliphatic heterocycles. The van der Waals surface area contributed by atoms with Crippen LogP contribution >= 0.6 is 0 Å². The van der Waals surface area contributed by atoms with Gasteiger partial charge in [0, 0.05) is 25.1 Å². The first-order chi connectivity index (χ1) is 9.65. The minimum absolute atomic E-state index is 0.0407. The Morgan fingerprint density at radius 3 is 2.90 bits per heavy atom. The molecule has 1 unspecified atom stereocenters. The molecule has 2 N–H and O–H groups in total. The maximum Gasteiger partial charge on any atom is 0.123 e. The number of halogens is 1. The average molecular weight is 279 g/mol. The second kappa shape index (κ2) is 5.70. The SMILES string of the molecule is OC1(CNCC2Cc3cc(F)ccc3O2)CCCCC1. The van der Waals surface area contributed by atoms with E-state index in [1.807, 2.05) is 0 Å². The molecule has 110 valence electrons. The summed E-state index contributed by atoms with van der Waals surface area (Å²) in [7, 11) is 0. The predicted molar refractivity (Wildman–Crippen MR) is 75.4 cm³/mol. The highest BCUT2D eigenvalue weighted by atomic mass is 19.1. The van der Waals surface area contributed by atoms with Gasteiger partial charge < -0.3 is 15.2 Å². The number of benzene rings is 1. The van der Waals surface area contributed by atoms with Crippen LogP contribution in [-0.2, 0) is 6.42 Å². The normalized spacial score (nSPS) is 24.2. The van der Waals surface area contributed by atoms with Crippen LogP contribution < -0.4 is 10.1 Å². The zero-order valence-corrected chi connectivity index (χ0v) is 11.7. The molecule has 0 bridgehead atoms. The Balaban J connectivity index is 1.46. The van der Waals surface area contributed by atoms with E-state index in [1.54, 1.807) is 12.1 Å². The summed E-state index contributed by atoms with van der Waals surface area (Å²) in [6, 6.07) is 4.67. The van der Waals surface area contributed by atoms with Crippen molar-refractivity contribution in [3.05, 3.63) is 29.6 Å². The zero-order valence-electron chi connectivity index (χ0n) is 11.7. The number of hydrogen-bond donors (Lipinski definition) is 2. The number of aliphatic hydroxyl groups is 1. The quantitative estimate of drug-likeness (QED) is 0.889. The molecule has 1 saturated carbocycles. The number of hydrogen-bond acceptors (Lipinski definition) is 3. The molecular weight excluding hydrogens is 257 g/mol. The molecule has 3 nitrogen and oxygen atoms in total. The van der Waals surface area contributed by atoms with E-state index in [9.17, 15) is 9.50 Å². The molecule has 1 aromatic carbocycles. The van der Waals surface area contributed by atoms with E-state index in [0.717, 1.165) is 43.4 Å². The molecule has 1 heterocycles. The molecule has 0 amide bonds. The average Bonchev–Trinajstić information content (AvgIpc) is 2.81. The Bertz CT molecular complexity index is 472. The Morgan fingerprint density at radius 2 is 2.10 bits per heavy atom. The third kappa shape index (κ3) is 3.13. The summed E-state index contributed by atoms with van der Waals surface area (Å²) < 4.78 is 18.9. The maximum atomic E-state index is 13.1. The van der Waals surface area contributed by atoms with Crippen molar-refractivity contribution in [3.63, 3.8) is 0 Å². The van der Waals surface area contributed by atoms with Gasteiger partial charge in [-0.2, -0.15) is 0 Å². The van der Waals surface area contributed by atoms with Gasteiger partial charge in [-0.3, -0.25) is 0 Å². The highest BCUT2D eigenvalue weighted by Gasteiger charge is 2.29. The smallest absolute Gasteiger partial charge is 0.123 e. The summed E-state index contributed by atoms with van der Waals surface area (Å²) in [5.74, 6) is 0.576. The van der Waals surface area contributed by atoms with Crippen molar-refractivity contribution in [2.24, 2.45) is 0 Å². The van der Waals surface area contributed by atoms with E-state index in [4.69, 9.17) is 4.74 Å². The molecule has 0 radical (unpaired) electrons. The van der Waals surface area contributed by atoms with Gasteiger partial charge in [-0.25, -0.2) is 4.39 Å². The molecule has 0 spiro atoms. The monoisotopic (exact) mass is 279 g/mol. The summed E-state index contributed by atoms with van der Waals surface area (Å²) in [4.78, 5) is 0. The fraction of sp³-hybridized carbons (Fsp3) is 0.625. The van der Waals surface area contributed by atoms with E-state index < -0.39 is 5.60 Å². The van der Waals surface area contributed by atoms with E-state index in [-0.39, 0.29) is 11.9 Å². The summed E-state index contributed by atoms with van der Waals surface area (Å²) in [6.45, 7) is 1.32. The first kappa shape index (κ1) is 13.8. The highest BCUT2D eigenvalue weighted by molar-refractivity contribution is 5.37. The van der Waals surface area contributed by atoms with E-state index in [1.165, 1.54) is 12.5 Å². The lowest BCUT2D eigenvalue weighted by molar-refractivity contribution is 0.00352. The van der Waals surface area contributed by atoms with Crippen molar-refractivity contribution in [1.29, 1.82) is 0 Å². The second-order valence-corrected chi connectivity index (χ2v) is 6.11. The zero-order chi connectivity index (χ0) is 14.0. The van der Waals surface area contributed by atoms with Gasteiger partial charge in [0.25, 0.3) is 0 Å². The third-order valence-electron chi connectivity index (χ3n) is 4.37. The Hall–Kier alpha value is -1.13. The summed E-state index contributed by atoms with van der Waals surface area (Å²) in [5, 5.41) is 13.7. The van der Waals surface area contributed by atoms with Crippen molar-refractivity contribution in [3.8, 4) is 5.75 Å². The fourth-order valence-electron chi connectivity index (χ4n) is 3.26. The maximum absolute atomic E-state index is 13.1. The lowest BCUT2D eigenvalue weighted by atomic mass is 9.85. The lowest BCUT2D eigenvalue weighted by Gasteiger charge is -2.32. The molecule has 1 aromatic rings. The van der Waals surface area contributed by atoms with Crippen molar-refractivity contribution in [1.82, 2.24) is 5.32 Å². The van der Waals surface area contributed by atoms with Crippen LogP contribution in [0.4, 0.5) is 4.39 Å². The van der Waals surface area contributed by atoms with Gasteiger partial charge in [-0.15, -0.1) is 0 Å². The molecule has 4 heteroatoms. The van der Waals surface area contributed by atoms with Crippen molar-refractivity contribution in [2.45, 2.75) is 50.2 Å². The van der Waals surface area contributed by atoms with Gasteiger partial charge in [0.1, 0.15) is 17.7 Å². The summed E-state index contributed by atoms with van der Waals surface area (Å²) >= 11 is 0. The number of fused-ring (bicyclic) bond motifs is 1. The molecule has 0 saturated heterocycles. The van der Waals surface area contributed by atoms with Gasteiger partial charge in [0.05, 0.1) is 5.60 Å². The van der Waals surface area contributed by atoms with E-state index in [0.29, 0.717) is 13.1 Å². The third-order valence-corrected chi connectivity index (χ3v) is 4.37. The van der Waals surface area contributed by atoms with E-state index >= 15 is 0 Å². The number of rotatable bonds is 4. The first-order valence-corrected chi connectivity index (χ1v) is 7.53. The van der Waals surface area contributed by atoms with Crippen molar-refractivity contribution < 1.29 is 14.2 Å². The van der Waals surface area contributed by atoms with Crippen LogP contribution in [-0.4, -0.2) is 29.9 Å². The molecule has 1 fully saturated rings. The molecule has 2 aliphatic rings. The van der Waals surface area contributed by atoms with Crippen LogP contribution in [0.1, 0.15) is 37.7 Å². The van der Waals surface area contributed by atoms with Crippen LogP contribution in [0.15, 0.2) is 18.2 Å². The van der Waals surface area contributed by atoms with Crippen LogP contribution in [0.5, 0.6) is 5.75 Å². The molecular formula is C16H22FNO2. The largest absolute Gasteiger partial charge is 0.488 e. The Morgan fingerprint density at radius 1 is 1.30 bits per heavy atom. The minimum Gasteiger partial charge on any atom is -0.488 e. The Kier molecular flexibility index (Phi) is 3.94. The van der Waals surface area contributed by atoms with Crippen LogP contribution in [0.2, 0.25) is 0 Å². The standard InChI is InChI=1S/C16H22FNO2/c17-13-4-5-15-12(8-13)9-14(20-15)10-18-11-16(19)6-2-1-3-7-16/h4-5,8,14,18-19H,1-3,6-7,9-11H2. The molecule has 1 aliphatic carbocycles. The van der Waals surface area contributed by atoms with Crippen molar-refractivity contribution in [2.75, 3.05) is 13.1 Å². The molecule has 3 rings (SSSR count). The first-order valence-electron chi connectivity index (χ1n) is 7.53. The highest BCUT2D eigenvalue weighted by Crippen LogP contribution is 2.30. The van der Waals surface area contributed by atoms with Crippen LogP contribution in [0.3, 0.4) is 0 Å². The van der Waals surface area contributed by atoms with Gasteiger partial charge in [-0.05, 0) is 31.0 Å². The topological polar surface area (TPSA) is 41.5 Å². The molecule has 1 atom stereocenters. The summed E-state index contributed by atoms with van der Waals surface area (Å²) in [6.07, 6.45) is 6.01. The number of ether oxygens (including phenoxy) is 1. The Labute approximate surface area is 119 Å². The van der Waals surface area contributed by atoms with Crippen LogP contribution in [0.25, 0.3) is 0 Å². The lowest BCUT2D eigenvalue weighted by Crippen LogP contribution is -2.44. The molecule has 20 heavy (non-hydrogen) atoms. The van der Waals surface area contributed by atoms with Gasteiger partial charge in [-0.1, -0.05) is 19.3 Å². The van der Waals surface area contributed by atoms with Gasteiger partial charge >= 0.3 is 0 Å². The van der Waals surface area contributed by atoms with Crippen LogP contribution in [0, 0.1) is 5.82 Å². The van der Waals surface area contributed by atoms with Crippen molar-refractivity contribution >= 4 is 0 Å². The van der Waals surface area contributed by atoms with Gasteiger partial charge in [0.15, 0.2) is 0 Å². The number of nitrogens with one attached hydrogen (secondary N) is 1. The van der Waals surface area contributed by atoms with Gasteiger partial charge in [0.2, 0.25) is 0 Å². The fourth-order valence-corrected chi connectivity index (χ4v) is 3.26. The van der Waals surface area contributed by atoms with E-state index in [2.05, 4.69) is 5.32 Å². The predicted octanol–water partition coefficient (Wildman–Crippen LogP) is 2.41. The molecule has 0 aromatic heterocycles. The minimum atomic E-state index is -0.546. The summed E-state index contributed by atoms with van der Waals surface area (Å²) in [5.41, 5.74) is 0.392.